The molecule has 0 saturated heterocycles. The number of aromatic nitrogens is 2. The van der Waals surface area contributed by atoms with Gasteiger partial charge in [-0.25, -0.2) is 4.98 Å². The molecule has 2 aromatic rings. The van der Waals surface area contributed by atoms with Crippen LogP contribution in [-0.4, -0.2) is 17.1 Å². The van der Waals surface area contributed by atoms with E-state index < -0.39 is 0 Å². The Morgan fingerprint density at radius 1 is 1.28 bits per heavy atom. The second-order valence-electron chi connectivity index (χ2n) is 3.51. The number of benzene rings is 1. The van der Waals surface area contributed by atoms with Gasteiger partial charge in [-0.3, -0.25) is 0 Å². The van der Waals surface area contributed by atoms with Crippen molar-refractivity contribution in [3.63, 3.8) is 0 Å². The smallest absolute Gasteiger partial charge is 0.318 e. The van der Waals surface area contributed by atoms with Gasteiger partial charge in [0.15, 0.2) is 5.82 Å². The lowest BCUT2D eigenvalue weighted by Gasteiger charge is -2.08. The van der Waals surface area contributed by atoms with E-state index in [1.807, 2.05) is 24.3 Å². The molecule has 0 radical (unpaired) electrons. The molecule has 1 heterocycles. The van der Waals surface area contributed by atoms with Gasteiger partial charge in [-0.15, -0.1) is 11.6 Å². The van der Waals surface area contributed by atoms with Gasteiger partial charge in [0.25, 0.3) is 0 Å². The molecule has 1 N–H and O–H groups in total. The highest BCUT2D eigenvalue weighted by atomic mass is 35.5. The Morgan fingerprint density at radius 2 is 2.00 bits per heavy atom. The molecule has 0 fully saturated rings. The normalized spacial score (nSPS) is 10.2. The highest BCUT2D eigenvalue weighted by molar-refractivity contribution is 6.32. The first-order chi connectivity index (χ1) is 8.72. The van der Waals surface area contributed by atoms with Crippen molar-refractivity contribution in [2.75, 3.05) is 12.4 Å². The molecule has 0 aliphatic carbocycles. The van der Waals surface area contributed by atoms with Crippen LogP contribution in [0.2, 0.25) is 5.02 Å². The van der Waals surface area contributed by atoms with E-state index in [2.05, 4.69) is 15.3 Å². The van der Waals surface area contributed by atoms with Crippen LogP contribution >= 0.6 is 23.2 Å². The van der Waals surface area contributed by atoms with Crippen molar-refractivity contribution in [3.05, 3.63) is 41.0 Å². The highest BCUT2D eigenvalue weighted by Gasteiger charge is 2.05. The van der Waals surface area contributed by atoms with E-state index in [-0.39, 0.29) is 6.01 Å². The number of nitrogens with one attached hydrogen (secondary N) is 1. The minimum atomic E-state index is 0.263. The summed E-state index contributed by atoms with van der Waals surface area (Å²) in [5.41, 5.74) is 1.92. The molecule has 6 heteroatoms. The van der Waals surface area contributed by atoms with Gasteiger partial charge < -0.3 is 10.1 Å². The molecule has 18 heavy (non-hydrogen) atoms. The number of halogens is 2. The fourth-order valence-electron chi connectivity index (χ4n) is 1.35. The van der Waals surface area contributed by atoms with Gasteiger partial charge in [-0.2, -0.15) is 4.98 Å². The number of alkyl halides is 1. The van der Waals surface area contributed by atoms with Crippen LogP contribution in [0.25, 0.3) is 0 Å². The van der Waals surface area contributed by atoms with E-state index in [0.29, 0.717) is 16.7 Å². The largest absolute Gasteiger partial charge is 0.467 e. The highest BCUT2D eigenvalue weighted by Crippen LogP contribution is 2.24. The maximum atomic E-state index is 6.00. The maximum Gasteiger partial charge on any atom is 0.318 e. The Bertz CT molecular complexity index is 531. The molecule has 0 saturated carbocycles. The molecule has 0 amide bonds. The standard InChI is InChI=1S/C12H11Cl2N3O/c1-18-12-15-7-10(14)11(17-12)16-9-4-2-8(6-13)3-5-9/h2-5,7H,6H2,1H3,(H,15,16,17). The van der Waals surface area contributed by atoms with Gasteiger partial charge in [-0.05, 0) is 17.7 Å². The molecule has 1 aromatic carbocycles. The predicted molar refractivity (Wildman–Crippen MR) is 72.9 cm³/mol. The van der Waals surface area contributed by atoms with Crippen molar-refractivity contribution in [1.29, 1.82) is 0 Å². The second kappa shape index (κ2) is 5.89. The monoisotopic (exact) mass is 283 g/mol. The summed E-state index contributed by atoms with van der Waals surface area (Å²) in [6, 6.07) is 7.94. The average Bonchev–Trinajstić information content (AvgIpc) is 2.42. The lowest BCUT2D eigenvalue weighted by Crippen LogP contribution is -1.98. The first kappa shape index (κ1) is 12.9. The third kappa shape index (κ3) is 3.03. The van der Waals surface area contributed by atoms with Crippen LogP contribution in [0.5, 0.6) is 6.01 Å². The fourth-order valence-corrected chi connectivity index (χ4v) is 1.67. The summed E-state index contributed by atoms with van der Waals surface area (Å²) >= 11 is 11.7. The quantitative estimate of drug-likeness (QED) is 0.871. The van der Waals surface area contributed by atoms with Gasteiger partial charge in [0, 0.05) is 11.6 Å². The van der Waals surface area contributed by atoms with Crippen LogP contribution in [0.15, 0.2) is 30.5 Å². The number of methoxy groups -OCH3 is 1. The van der Waals surface area contributed by atoms with Crippen molar-refractivity contribution >= 4 is 34.7 Å². The lowest BCUT2D eigenvalue weighted by molar-refractivity contribution is 0.380. The van der Waals surface area contributed by atoms with Crippen molar-refractivity contribution < 1.29 is 4.74 Å². The molecule has 1 aromatic heterocycles. The van der Waals surface area contributed by atoms with Gasteiger partial charge in [0.2, 0.25) is 0 Å². The summed E-state index contributed by atoms with van der Waals surface area (Å²) in [4.78, 5) is 8.03. The van der Waals surface area contributed by atoms with Crippen molar-refractivity contribution in [1.82, 2.24) is 9.97 Å². The number of anilines is 2. The fraction of sp³-hybridized carbons (Fsp3) is 0.167. The third-order valence-corrected chi connectivity index (χ3v) is 2.86. The second-order valence-corrected chi connectivity index (χ2v) is 4.18. The molecule has 4 nitrogen and oxygen atoms in total. The van der Waals surface area contributed by atoms with Crippen molar-refractivity contribution in [2.45, 2.75) is 5.88 Å². The Labute approximate surface area is 115 Å². The average molecular weight is 284 g/mol. The Morgan fingerprint density at radius 3 is 2.61 bits per heavy atom. The molecule has 94 valence electrons. The van der Waals surface area contributed by atoms with E-state index >= 15 is 0 Å². The Balaban J connectivity index is 2.21. The van der Waals surface area contributed by atoms with Crippen LogP contribution < -0.4 is 10.1 Å². The molecule has 2 rings (SSSR count). The van der Waals surface area contributed by atoms with E-state index in [1.54, 1.807) is 0 Å². The lowest BCUT2D eigenvalue weighted by atomic mass is 10.2. The zero-order chi connectivity index (χ0) is 13.0. The number of nitrogens with zero attached hydrogens (tertiary/aromatic N) is 2. The third-order valence-electron chi connectivity index (χ3n) is 2.28. The van der Waals surface area contributed by atoms with Crippen LogP contribution in [0, 0.1) is 0 Å². The van der Waals surface area contributed by atoms with E-state index in [4.69, 9.17) is 27.9 Å². The Kier molecular flexibility index (Phi) is 4.23. The van der Waals surface area contributed by atoms with Crippen LogP contribution in [0.4, 0.5) is 11.5 Å². The minimum Gasteiger partial charge on any atom is -0.467 e. The summed E-state index contributed by atoms with van der Waals surface area (Å²) in [5, 5.41) is 3.52. The SMILES string of the molecule is COc1ncc(Cl)c(Nc2ccc(CCl)cc2)n1. The number of hydrogen-bond acceptors (Lipinski definition) is 4. The van der Waals surface area contributed by atoms with Gasteiger partial charge >= 0.3 is 6.01 Å². The van der Waals surface area contributed by atoms with Crippen molar-refractivity contribution in [3.8, 4) is 6.01 Å². The predicted octanol–water partition coefficient (Wildman–Crippen LogP) is 3.62. The minimum absolute atomic E-state index is 0.263. The first-order valence-electron chi connectivity index (χ1n) is 5.21. The van der Waals surface area contributed by atoms with Gasteiger partial charge in [0.05, 0.1) is 13.3 Å². The van der Waals surface area contributed by atoms with Crippen molar-refractivity contribution in [2.24, 2.45) is 0 Å². The van der Waals surface area contributed by atoms with Crippen LogP contribution in [0.3, 0.4) is 0 Å². The van der Waals surface area contributed by atoms with E-state index in [9.17, 15) is 0 Å². The molecule has 0 aliphatic heterocycles. The molecule has 0 aliphatic rings. The molecular formula is C12H11Cl2N3O. The van der Waals surface area contributed by atoms with Gasteiger partial charge in [0.1, 0.15) is 5.02 Å². The molecule has 0 atom stereocenters. The zero-order valence-electron chi connectivity index (χ0n) is 9.65. The summed E-state index contributed by atoms with van der Waals surface area (Å²) < 4.78 is 4.95. The topological polar surface area (TPSA) is 47.0 Å². The van der Waals surface area contributed by atoms with E-state index in [0.717, 1.165) is 11.3 Å². The zero-order valence-corrected chi connectivity index (χ0v) is 11.2. The Hall–Kier alpha value is -1.52. The summed E-state index contributed by atoms with van der Waals surface area (Å²) in [6.07, 6.45) is 1.49. The molecule has 0 unspecified atom stereocenters. The number of rotatable bonds is 4. The maximum absolute atomic E-state index is 6.00. The number of ether oxygens (including phenoxy) is 1. The summed E-state index contributed by atoms with van der Waals surface area (Å²) in [6.45, 7) is 0. The number of hydrogen-bond donors (Lipinski definition) is 1. The molecular weight excluding hydrogens is 273 g/mol. The summed E-state index contributed by atoms with van der Waals surface area (Å²) in [5.74, 6) is 0.990. The first-order valence-corrected chi connectivity index (χ1v) is 6.12. The molecule has 0 spiro atoms. The van der Waals surface area contributed by atoms with Crippen LogP contribution in [-0.2, 0) is 5.88 Å². The van der Waals surface area contributed by atoms with Gasteiger partial charge in [-0.1, -0.05) is 23.7 Å². The molecule has 0 bridgehead atoms. The summed E-state index contributed by atoms with van der Waals surface area (Å²) in [7, 11) is 1.50. The van der Waals surface area contributed by atoms with Crippen LogP contribution in [0.1, 0.15) is 5.56 Å². The van der Waals surface area contributed by atoms with E-state index in [1.165, 1.54) is 13.3 Å².